The highest BCUT2D eigenvalue weighted by Crippen LogP contribution is 2.26. The zero-order valence-electron chi connectivity index (χ0n) is 8.36. The second-order valence-corrected chi connectivity index (χ2v) is 4.45. The fraction of sp³-hybridized carbons (Fsp3) is 0.333. The van der Waals surface area contributed by atoms with Crippen molar-refractivity contribution in [3.63, 3.8) is 0 Å². The van der Waals surface area contributed by atoms with Crippen molar-refractivity contribution in [1.82, 2.24) is 20.4 Å². The van der Waals surface area contributed by atoms with Crippen LogP contribution in [0.3, 0.4) is 0 Å². The second kappa shape index (κ2) is 4.20. The predicted octanol–water partition coefficient (Wildman–Crippen LogP) is 2.35. The van der Waals surface area contributed by atoms with Gasteiger partial charge in [0.25, 0.3) is 0 Å². The standard InChI is InChI=1S/C9H9ClN4S/c1-5-3-7(6(2)12-11-5)9-14-13-8(4-10)15-9/h3H,4H2,1-2H3. The SMILES string of the molecule is Cc1cc(-c2nnc(CCl)s2)c(C)nn1. The third-order valence-electron chi connectivity index (χ3n) is 1.91. The zero-order chi connectivity index (χ0) is 10.8. The Labute approximate surface area is 96.3 Å². The average molecular weight is 241 g/mol. The molecule has 0 unspecified atom stereocenters. The van der Waals surface area contributed by atoms with Crippen molar-refractivity contribution in [3.05, 3.63) is 22.5 Å². The van der Waals surface area contributed by atoms with Crippen molar-refractivity contribution < 1.29 is 0 Å². The summed E-state index contributed by atoms with van der Waals surface area (Å²) in [4.78, 5) is 0. The Kier molecular flexibility index (Phi) is 2.93. The van der Waals surface area contributed by atoms with E-state index in [1.54, 1.807) is 0 Å². The molecule has 0 bridgehead atoms. The quantitative estimate of drug-likeness (QED) is 0.757. The molecule has 2 heterocycles. The topological polar surface area (TPSA) is 51.6 Å². The molecule has 0 radical (unpaired) electrons. The van der Waals surface area contributed by atoms with Gasteiger partial charge >= 0.3 is 0 Å². The maximum atomic E-state index is 5.68. The van der Waals surface area contributed by atoms with Crippen molar-refractivity contribution in [1.29, 1.82) is 0 Å². The summed E-state index contributed by atoms with van der Waals surface area (Å²) >= 11 is 7.17. The summed E-state index contributed by atoms with van der Waals surface area (Å²) in [5.41, 5.74) is 2.72. The molecular formula is C9H9ClN4S. The first-order chi connectivity index (χ1) is 7.20. The van der Waals surface area contributed by atoms with Crippen LogP contribution in [0.15, 0.2) is 6.07 Å². The van der Waals surface area contributed by atoms with Crippen molar-refractivity contribution >= 4 is 22.9 Å². The highest BCUT2D eigenvalue weighted by Gasteiger charge is 2.10. The number of hydrogen-bond acceptors (Lipinski definition) is 5. The van der Waals surface area contributed by atoms with Gasteiger partial charge in [0.2, 0.25) is 0 Å². The molecule has 78 valence electrons. The molecule has 4 nitrogen and oxygen atoms in total. The summed E-state index contributed by atoms with van der Waals surface area (Å²) in [6.07, 6.45) is 0. The number of alkyl halides is 1. The van der Waals surface area contributed by atoms with E-state index in [1.807, 2.05) is 19.9 Å². The van der Waals surface area contributed by atoms with E-state index in [0.29, 0.717) is 5.88 Å². The molecule has 0 aromatic carbocycles. The van der Waals surface area contributed by atoms with Gasteiger partial charge in [-0.25, -0.2) is 0 Å². The van der Waals surface area contributed by atoms with Crippen LogP contribution in [0.5, 0.6) is 0 Å². The van der Waals surface area contributed by atoms with E-state index in [-0.39, 0.29) is 0 Å². The molecule has 0 saturated carbocycles. The van der Waals surface area contributed by atoms with Crippen LogP contribution in [-0.2, 0) is 5.88 Å². The molecule has 0 aliphatic rings. The molecule has 0 amide bonds. The van der Waals surface area contributed by atoms with Gasteiger partial charge in [0.15, 0.2) is 0 Å². The largest absolute Gasteiger partial charge is 0.156 e. The van der Waals surface area contributed by atoms with Gasteiger partial charge in [-0.1, -0.05) is 11.3 Å². The average Bonchev–Trinajstić information content (AvgIpc) is 2.70. The minimum atomic E-state index is 0.397. The number of hydrogen-bond donors (Lipinski definition) is 0. The van der Waals surface area contributed by atoms with Gasteiger partial charge in [-0.05, 0) is 19.9 Å². The van der Waals surface area contributed by atoms with E-state index >= 15 is 0 Å². The first-order valence-corrected chi connectivity index (χ1v) is 5.75. The predicted molar refractivity (Wildman–Crippen MR) is 60.0 cm³/mol. The molecule has 0 atom stereocenters. The van der Waals surface area contributed by atoms with Crippen LogP contribution < -0.4 is 0 Å². The van der Waals surface area contributed by atoms with Crippen LogP contribution in [0, 0.1) is 13.8 Å². The number of aromatic nitrogens is 4. The Bertz CT molecular complexity index is 483. The molecular weight excluding hydrogens is 232 g/mol. The smallest absolute Gasteiger partial charge is 0.149 e. The first kappa shape index (κ1) is 10.4. The summed E-state index contributed by atoms with van der Waals surface area (Å²) < 4.78 is 0. The Morgan fingerprint density at radius 1 is 1.20 bits per heavy atom. The van der Waals surface area contributed by atoms with E-state index in [1.165, 1.54) is 11.3 Å². The van der Waals surface area contributed by atoms with E-state index in [9.17, 15) is 0 Å². The summed E-state index contributed by atoms with van der Waals surface area (Å²) in [5, 5.41) is 17.7. The molecule has 0 N–H and O–H groups in total. The van der Waals surface area contributed by atoms with Crippen LogP contribution in [0.25, 0.3) is 10.6 Å². The lowest BCUT2D eigenvalue weighted by atomic mass is 10.2. The Hall–Kier alpha value is -1.07. The number of aryl methyl sites for hydroxylation is 2. The Morgan fingerprint density at radius 2 is 2.00 bits per heavy atom. The first-order valence-electron chi connectivity index (χ1n) is 4.40. The van der Waals surface area contributed by atoms with Crippen LogP contribution >= 0.6 is 22.9 Å². The lowest BCUT2D eigenvalue weighted by Crippen LogP contribution is -1.93. The fourth-order valence-electron chi connectivity index (χ4n) is 1.18. The molecule has 0 saturated heterocycles. The highest BCUT2D eigenvalue weighted by molar-refractivity contribution is 7.14. The van der Waals surface area contributed by atoms with Crippen LogP contribution in [0.1, 0.15) is 16.4 Å². The molecule has 2 rings (SSSR count). The molecule has 15 heavy (non-hydrogen) atoms. The molecule has 6 heteroatoms. The third kappa shape index (κ3) is 2.13. The van der Waals surface area contributed by atoms with Gasteiger partial charge in [0.1, 0.15) is 10.0 Å². The Balaban J connectivity index is 2.48. The van der Waals surface area contributed by atoms with Crippen LogP contribution in [-0.4, -0.2) is 20.4 Å². The normalized spacial score (nSPS) is 10.6. The van der Waals surface area contributed by atoms with Gasteiger partial charge in [-0.2, -0.15) is 10.2 Å². The van der Waals surface area contributed by atoms with Crippen LogP contribution in [0.2, 0.25) is 0 Å². The summed E-state index contributed by atoms with van der Waals surface area (Å²) in [6.45, 7) is 3.81. The minimum absolute atomic E-state index is 0.397. The van der Waals surface area contributed by atoms with Gasteiger partial charge in [0.05, 0.1) is 17.3 Å². The minimum Gasteiger partial charge on any atom is -0.156 e. The maximum Gasteiger partial charge on any atom is 0.149 e. The molecule has 2 aromatic rings. The lowest BCUT2D eigenvalue weighted by Gasteiger charge is -1.99. The summed E-state index contributed by atoms with van der Waals surface area (Å²) in [7, 11) is 0. The van der Waals surface area contributed by atoms with Gasteiger partial charge < -0.3 is 0 Å². The highest BCUT2D eigenvalue weighted by atomic mass is 35.5. The third-order valence-corrected chi connectivity index (χ3v) is 3.28. The van der Waals surface area contributed by atoms with E-state index < -0.39 is 0 Å². The van der Waals surface area contributed by atoms with Gasteiger partial charge in [-0.15, -0.1) is 21.8 Å². The Morgan fingerprint density at radius 3 is 2.67 bits per heavy atom. The molecule has 2 aromatic heterocycles. The van der Waals surface area contributed by atoms with E-state index in [0.717, 1.165) is 27.0 Å². The maximum absolute atomic E-state index is 5.68. The lowest BCUT2D eigenvalue weighted by molar-refractivity contribution is 0.939. The monoisotopic (exact) mass is 240 g/mol. The summed E-state index contributed by atoms with van der Waals surface area (Å²) in [5.74, 6) is 0.397. The number of nitrogens with zero attached hydrogens (tertiary/aromatic N) is 4. The molecule has 0 spiro atoms. The molecule has 0 fully saturated rings. The number of halogens is 1. The van der Waals surface area contributed by atoms with Crippen LogP contribution in [0.4, 0.5) is 0 Å². The van der Waals surface area contributed by atoms with Crippen molar-refractivity contribution in [3.8, 4) is 10.6 Å². The van der Waals surface area contributed by atoms with Gasteiger partial charge in [-0.3, -0.25) is 0 Å². The summed E-state index contributed by atoms with van der Waals surface area (Å²) in [6, 6.07) is 1.96. The number of rotatable bonds is 2. The second-order valence-electron chi connectivity index (χ2n) is 3.12. The molecule has 0 aliphatic carbocycles. The van der Waals surface area contributed by atoms with Gasteiger partial charge in [0, 0.05) is 5.56 Å². The zero-order valence-corrected chi connectivity index (χ0v) is 9.93. The van der Waals surface area contributed by atoms with E-state index in [2.05, 4.69) is 20.4 Å². The van der Waals surface area contributed by atoms with Crippen molar-refractivity contribution in [2.75, 3.05) is 0 Å². The fourth-order valence-corrected chi connectivity index (χ4v) is 2.16. The van der Waals surface area contributed by atoms with Crippen molar-refractivity contribution in [2.45, 2.75) is 19.7 Å². The van der Waals surface area contributed by atoms with E-state index in [4.69, 9.17) is 11.6 Å². The molecule has 0 aliphatic heterocycles. The van der Waals surface area contributed by atoms with Crippen molar-refractivity contribution in [2.24, 2.45) is 0 Å².